The van der Waals surface area contributed by atoms with Crippen LogP contribution in [0, 0.1) is 6.92 Å². The number of aryl methyl sites for hydroxylation is 1. The maximum Gasteiger partial charge on any atom is 0.319 e. The summed E-state index contributed by atoms with van der Waals surface area (Å²) in [5.41, 5.74) is 2.86. The number of rotatable bonds is 3. The first kappa shape index (κ1) is 15.1. The summed E-state index contributed by atoms with van der Waals surface area (Å²) >= 11 is 6.80. The lowest BCUT2D eigenvalue weighted by Gasteiger charge is -2.10. The monoisotopic (exact) mass is 396 g/mol. The summed E-state index contributed by atoms with van der Waals surface area (Å²) in [5, 5.41) is 5.67. The lowest BCUT2D eigenvalue weighted by atomic mass is 10.2. The fourth-order valence-electron chi connectivity index (χ4n) is 1.76. The first-order valence-corrected chi connectivity index (χ1v) is 7.68. The van der Waals surface area contributed by atoms with Crippen LogP contribution in [0.5, 0.6) is 0 Å². The van der Waals surface area contributed by atoms with Gasteiger partial charge in [-0.3, -0.25) is 0 Å². The van der Waals surface area contributed by atoms with Gasteiger partial charge in [-0.1, -0.05) is 44.0 Å². The van der Waals surface area contributed by atoms with Crippen LogP contribution in [-0.4, -0.2) is 6.03 Å². The van der Waals surface area contributed by atoms with Gasteiger partial charge >= 0.3 is 6.03 Å². The maximum atomic E-state index is 11.9. The highest BCUT2D eigenvalue weighted by atomic mass is 79.9. The van der Waals surface area contributed by atoms with Gasteiger partial charge in [-0.25, -0.2) is 4.79 Å². The van der Waals surface area contributed by atoms with Crippen molar-refractivity contribution in [1.29, 1.82) is 0 Å². The number of urea groups is 1. The number of halogens is 2. The molecule has 0 bridgehead atoms. The third kappa shape index (κ3) is 4.35. The van der Waals surface area contributed by atoms with Gasteiger partial charge in [0.05, 0.1) is 0 Å². The SMILES string of the molecule is Cc1cc(Br)ccc1NC(=O)NCc1cccc(Br)c1. The van der Waals surface area contributed by atoms with Gasteiger partial charge in [0.25, 0.3) is 0 Å². The van der Waals surface area contributed by atoms with E-state index in [1.165, 1.54) is 0 Å². The highest BCUT2D eigenvalue weighted by Gasteiger charge is 2.04. The minimum absolute atomic E-state index is 0.213. The first-order valence-electron chi connectivity index (χ1n) is 6.10. The Morgan fingerprint density at radius 2 is 1.85 bits per heavy atom. The molecule has 3 nitrogen and oxygen atoms in total. The molecule has 0 heterocycles. The number of nitrogens with one attached hydrogen (secondary N) is 2. The van der Waals surface area contributed by atoms with Gasteiger partial charge < -0.3 is 10.6 Å². The summed E-state index contributed by atoms with van der Waals surface area (Å²) in [6.07, 6.45) is 0. The summed E-state index contributed by atoms with van der Waals surface area (Å²) in [5.74, 6) is 0. The van der Waals surface area contributed by atoms with Gasteiger partial charge in [-0.05, 0) is 48.4 Å². The van der Waals surface area contributed by atoms with E-state index in [2.05, 4.69) is 42.5 Å². The van der Waals surface area contributed by atoms with Crippen molar-refractivity contribution in [3.8, 4) is 0 Å². The largest absolute Gasteiger partial charge is 0.334 e. The Bertz CT molecular complexity index is 629. The van der Waals surface area contributed by atoms with E-state index in [9.17, 15) is 4.79 Å². The van der Waals surface area contributed by atoms with E-state index in [-0.39, 0.29) is 6.03 Å². The van der Waals surface area contributed by atoms with Crippen LogP contribution in [0.15, 0.2) is 51.4 Å². The molecule has 0 saturated heterocycles. The van der Waals surface area contributed by atoms with Crippen molar-refractivity contribution in [3.63, 3.8) is 0 Å². The highest BCUT2D eigenvalue weighted by molar-refractivity contribution is 9.10. The lowest BCUT2D eigenvalue weighted by Crippen LogP contribution is -2.28. The summed E-state index contributed by atoms with van der Waals surface area (Å²) in [6.45, 7) is 2.44. The molecule has 104 valence electrons. The molecule has 2 rings (SSSR count). The van der Waals surface area contributed by atoms with Crippen molar-refractivity contribution in [1.82, 2.24) is 5.32 Å². The minimum Gasteiger partial charge on any atom is -0.334 e. The van der Waals surface area contributed by atoms with Crippen LogP contribution < -0.4 is 10.6 Å². The zero-order valence-corrected chi connectivity index (χ0v) is 14.1. The van der Waals surface area contributed by atoms with E-state index in [0.29, 0.717) is 6.54 Å². The Morgan fingerprint density at radius 3 is 2.55 bits per heavy atom. The van der Waals surface area contributed by atoms with E-state index in [4.69, 9.17) is 0 Å². The molecule has 0 aliphatic rings. The van der Waals surface area contributed by atoms with Gasteiger partial charge in [0.1, 0.15) is 0 Å². The number of hydrogen-bond donors (Lipinski definition) is 2. The van der Waals surface area contributed by atoms with Crippen molar-refractivity contribution in [2.24, 2.45) is 0 Å². The molecule has 2 amide bonds. The Morgan fingerprint density at radius 1 is 1.10 bits per heavy atom. The molecule has 2 aromatic rings. The summed E-state index contributed by atoms with van der Waals surface area (Å²) in [4.78, 5) is 11.9. The van der Waals surface area contributed by atoms with Crippen LogP contribution in [0.2, 0.25) is 0 Å². The van der Waals surface area contributed by atoms with Gasteiger partial charge in [0, 0.05) is 21.2 Å². The van der Waals surface area contributed by atoms with Crippen molar-refractivity contribution >= 4 is 43.6 Å². The highest BCUT2D eigenvalue weighted by Crippen LogP contribution is 2.19. The standard InChI is InChI=1S/C15H14Br2N2O/c1-10-7-13(17)5-6-14(10)19-15(20)18-9-11-3-2-4-12(16)8-11/h2-8H,9H2,1H3,(H2,18,19,20). The molecule has 20 heavy (non-hydrogen) atoms. The molecule has 0 atom stereocenters. The maximum absolute atomic E-state index is 11.9. The molecule has 0 aliphatic carbocycles. The molecular weight excluding hydrogens is 384 g/mol. The van der Waals surface area contributed by atoms with Crippen LogP contribution in [-0.2, 0) is 6.54 Å². The Hall–Kier alpha value is -1.33. The minimum atomic E-state index is -0.213. The zero-order valence-electron chi connectivity index (χ0n) is 10.9. The molecule has 0 aromatic heterocycles. The molecule has 2 aromatic carbocycles. The molecule has 0 spiro atoms. The Balaban J connectivity index is 1.92. The van der Waals surface area contributed by atoms with Crippen LogP contribution in [0.1, 0.15) is 11.1 Å². The van der Waals surface area contributed by atoms with E-state index in [1.54, 1.807) is 0 Å². The van der Waals surface area contributed by atoms with Crippen molar-refractivity contribution < 1.29 is 4.79 Å². The third-order valence-corrected chi connectivity index (χ3v) is 3.77. The zero-order chi connectivity index (χ0) is 14.5. The first-order chi connectivity index (χ1) is 9.54. The summed E-state index contributed by atoms with van der Waals surface area (Å²) < 4.78 is 2.00. The second-order valence-electron chi connectivity index (χ2n) is 4.40. The van der Waals surface area contributed by atoms with E-state index in [1.807, 2.05) is 49.4 Å². The molecule has 0 fully saturated rings. The molecule has 2 N–H and O–H groups in total. The normalized spacial score (nSPS) is 10.2. The van der Waals surface area contributed by atoms with E-state index < -0.39 is 0 Å². The number of carbonyl (C=O) groups excluding carboxylic acids is 1. The van der Waals surface area contributed by atoms with Gasteiger partial charge in [-0.15, -0.1) is 0 Å². The topological polar surface area (TPSA) is 41.1 Å². The molecular formula is C15H14Br2N2O. The Labute approximate surface area is 135 Å². The van der Waals surface area contributed by atoms with Crippen molar-refractivity contribution in [2.75, 3.05) is 5.32 Å². The predicted molar refractivity (Wildman–Crippen MR) is 88.9 cm³/mol. The van der Waals surface area contributed by atoms with Crippen LogP contribution in [0.4, 0.5) is 10.5 Å². The molecule has 0 unspecified atom stereocenters. The number of anilines is 1. The van der Waals surface area contributed by atoms with E-state index >= 15 is 0 Å². The fraction of sp³-hybridized carbons (Fsp3) is 0.133. The number of carbonyl (C=O) groups is 1. The molecule has 0 radical (unpaired) electrons. The van der Waals surface area contributed by atoms with Crippen molar-refractivity contribution in [2.45, 2.75) is 13.5 Å². The van der Waals surface area contributed by atoms with Crippen LogP contribution >= 0.6 is 31.9 Å². The average Bonchev–Trinajstić information content (AvgIpc) is 2.40. The van der Waals surface area contributed by atoms with Crippen LogP contribution in [0.3, 0.4) is 0 Å². The third-order valence-electron chi connectivity index (χ3n) is 2.78. The second kappa shape index (κ2) is 6.90. The summed E-state index contributed by atoms with van der Waals surface area (Å²) in [6, 6.07) is 13.4. The quantitative estimate of drug-likeness (QED) is 0.764. The molecule has 0 saturated carbocycles. The van der Waals surface area contributed by atoms with Gasteiger partial charge in [-0.2, -0.15) is 0 Å². The summed E-state index contributed by atoms with van der Waals surface area (Å²) in [7, 11) is 0. The van der Waals surface area contributed by atoms with Gasteiger partial charge in [0.15, 0.2) is 0 Å². The molecule has 0 aliphatic heterocycles. The number of amides is 2. The Kier molecular flexibility index (Phi) is 5.20. The second-order valence-corrected chi connectivity index (χ2v) is 6.23. The van der Waals surface area contributed by atoms with Crippen molar-refractivity contribution in [3.05, 3.63) is 62.5 Å². The average molecular weight is 398 g/mol. The smallest absolute Gasteiger partial charge is 0.319 e. The van der Waals surface area contributed by atoms with E-state index in [0.717, 1.165) is 25.8 Å². The fourth-order valence-corrected chi connectivity index (χ4v) is 2.69. The predicted octanol–water partition coefficient (Wildman–Crippen LogP) is 4.84. The number of hydrogen-bond acceptors (Lipinski definition) is 1. The lowest BCUT2D eigenvalue weighted by molar-refractivity contribution is 0.251. The van der Waals surface area contributed by atoms with Crippen LogP contribution in [0.25, 0.3) is 0 Å². The van der Waals surface area contributed by atoms with Gasteiger partial charge in [0.2, 0.25) is 0 Å². The molecule has 5 heteroatoms. The number of benzene rings is 2.